The minimum Gasteiger partial charge on any atom is -0.871 e. The first kappa shape index (κ1) is 83.5. The SMILES string of the molecule is C=C(C)C(=O)OCCNC(=O)OCCOC(=O)C(C)(C)CC.CCC(C)(C)C(=O)O.CCC(C)(C)C(=O)[O-].CC[NH+](CC)CCSCCCCOc1ccc(N(c2ccc(C3=C([O-])C(=C4C=CC(=[N+](c5ccccc5)c5cccc6ccccc56)C=C4O)C3=O)c(O)c2)c2cccc3ccccc23)cc1. The first-order valence-electron chi connectivity index (χ1n) is 35.7. The van der Waals surface area contributed by atoms with Crippen molar-refractivity contribution in [2.45, 2.75) is 115 Å². The number of aromatic hydroxyl groups is 1. The van der Waals surface area contributed by atoms with Crippen LogP contribution < -0.4 is 34.6 Å². The Bertz CT molecular complexity index is 4300. The number of aliphatic hydroxyl groups excluding tert-OH is 1. The summed E-state index contributed by atoms with van der Waals surface area (Å²) in [6.45, 7) is 29.7. The Kier molecular flexibility index (Phi) is 31.8. The number of carboxylic acids is 2. The van der Waals surface area contributed by atoms with Crippen molar-refractivity contribution in [1.82, 2.24) is 9.89 Å². The third-order valence-corrected chi connectivity index (χ3v) is 19.5. The average molecular weight is 1450 g/mol. The van der Waals surface area contributed by atoms with Gasteiger partial charge >= 0.3 is 24.0 Å². The first-order chi connectivity index (χ1) is 50.0. The van der Waals surface area contributed by atoms with Gasteiger partial charge in [0.2, 0.25) is 17.1 Å². The zero-order chi connectivity index (χ0) is 77.0. The number of rotatable bonds is 30. The number of aliphatic carboxylic acids is 2. The number of nitrogens with one attached hydrogen (secondary N) is 2. The molecule has 1 amide bonds. The van der Waals surface area contributed by atoms with Crippen molar-refractivity contribution in [2.24, 2.45) is 16.2 Å². The number of carbonyl (C=O) groups excluding carboxylic acids is 5. The minimum absolute atomic E-state index is 0.000325. The Labute approximate surface area is 621 Å². The van der Waals surface area contributed by atoms with Crippen LogP contribution in [0.1, 0.15) is 121 Å². The highest BCUT2D eigenvalue weighted by molar-refractivity contribution is 7.99. The number of anilines is 3. The summed E-state index contributed by atoms with van der Waals surface area (Å²) in [5, 5.41) is 62.3. The maximum Gasteiger partial charge on any atom is 0.407 e. The van der Waals surface area contributed by atoms with Gasteiger partial charge in [-0.1, -0.05) is 132 Å². The van der Waals surface area contributed by atoms with Crippen molar-refractivity contribution in [3.05, 3.63) is 216 Å². The van der Waals surface area contributed by atoms with Crippen LogP contribution in [0.4, 0.5) is 33.2 Å². The summed E-state index contributed by atoms with van der Waals surface area (Å²) in [5.74, 6) is -0.926. The summed E-state index contributed by atoms with van der Waals surface area (Å²) < 4.78 is 22.8. The zero-order valence-electron chi connectivity index (χ0n) is 62.6. The molecule has 7 aromatic carbocycles. The van der Waals surface area contributed by atoms with E-state index in [0.717, 1.165) is 68.6 Å². The number of Topliss-reactive ketones (excluding diaryl/α,β-unsaturated/α-hetero) is 1. The zero-order valence-corrected chi connectivity index (χ0v) is 63.4. The van der Waals surface area contributed by atoms with Gasteiger partial charge in [-0.25, -0.2) is 9.59 Å². The number of thioether (sulfide) groups is 1. The molecule has 2 aliphatic carbocycles. The molecule has 0 radical (unpaired) electrons. The van der Waals surface area contributed by atoms with Crippen molar-refractivity contribution in [1.29, 1.82) is 0 Å². The van der Waals surface area contributed by atoms with Crippen molar-refractivity contribution >= 4 is 109 Å². The summed E-state index contributed by atoms with van der Waals surface area (Å²) in [7, 11) is 0. The highest BCUT2D eigenvalue weighted by Gasteiger charge is 2.35. The second-order valence-corrected chi connectivity index (χ2v) is 28.3. The van der Waals surface area contributed by atoms with Crippen molar-refractivity contribution in [3.8, 4) is 11.5 Å². The number of phenols is 1. The molecule has 0 saturated carbocycles. The van der Waals surface area contributed by atoms with Gasteiger partial charge in [-0.05, 0) is 152 Å². The predicted octanol–water partition coefficient (Wildman–Crippen LogP) is 14.4. The summed E-state index contributed by atoms with van der Waals surface area (Å²) in [6.07, 6.45) is 8.39. The molecule has 19 nitrogen and oxygen atoms in total. The number of carboxylic acid groups (broad SMARTS) is 2. The number of hydrogen-bond donors (Lipinski definition) is 5. The quantitative estimate of drug-likeness (QED) is 0.00920. The lowest BCUT2D eigenvalue weighted by atomic mass is 9.79. The van der Waals surface area contributed by atoms with Gasteiger partial charge < -0.3 is 64.4 Å². The maximum atomic E-state index is 14.0. The summed E-state index contributed by atoms with van der Waals surface area (Å²) in [5.41, 5.74) is 3.39. The fraction of sp³-hybridized carbons (Fsp3) is 0.353. The molecule has 0 atom stereocenters. The number of alkyl carbamates (subject to hydrolysis) is 1. The van der Waals surface area contributed by atoms with E-state index in [2.05, 4.69) is 67.0 Å². The third-order valence-electron chi connectivity index (χ3n) is 18.4. The Morgan fingerprint density at radius 3 is 1.80 bits per heavy atom. The van der Waals surface area contributed by atoms with E-state index in [4.69, 9.17) is 24.1 Å². The second kappa shape index (κ2) is 40.0. The topological polar surface area (TPSA) is 269 Å². The van der Waals surface area contributed by atoms with Crippen LogP contribution in [0.2, 0.25) is 0 Å². The van der Waals surface area contributed by atoms with Gasteiger partial charge in [0.05, 0.1) is 60.8 Å². The molecule has 7 aromatic rings. The summed E-state index contributed by atoms with van der Waals surface area (Å²) >= 11 is 2.02. The molecule has 105 heavy (non-hydrogen) atoms. The number of hydrogen-bond acceptors (Lipinski definition) is 16. The number of para-hydroxylation sites is 1. The highest BCUT2D eigenvalue weighted by Crippen LogP contribution is 2.46. The standard InChI is InChI=1S/C58H53N3O5S.C15H25NO6.2C6H12O2/c1-3-59(4-2)34-37-67-36-13-12-35-66-46-30-26-43(27-31-46)61(52-25-15-19-41-17-9-11-23-48(41)52)45-29-33-50(54(63)39-45)56-57(64)55(58(56)65)49-32-28-44(38-53(49)62)60(42-20-6-5-7-21-42)51-24-14-18-40-16-8-10-22-47(40)51;1-6-15(4,5)13(18)21-9-10-22-14(19)16-7-8-20-12(17)11(2)3;2*1-4-6(2,3)5(7)8/h5-11,14-33,38-39H,3-4,12-13,34-37H2,1-2H3,(H2,62,63,64,65);2,6-10H2,1,3-5H3,(H,16,19);2*4H2,1-3H3,(H,7,8). The van der Waals surface area contributed by atoms with Crippen LogP contribution in [-0.4, -0.2) is 121 Å². The average Bonchev–Trinajstić information content (AvgIpc) is 0.736. The number of fused-ring (bicyclic) bond motifs is 2. The lowest BCUT2D eigenvalue weighted by Gasteiger charge is -2.33. The van der Waals surface area contributed by atoms with Gasteiger partial charge in [-0.15, -0.1) is 0 Å². The van der Waals surface area contributed by atoms with E-state index in [1.165, 1.54) is 32.3 Å². The number of aliphatic hydroxyl groups is 1. The van der Waals surface area contributed by atoms with Crippen LogP contribution >= 0.6 is 11.8 Å². The molecular weight excluding hydrogens is 1350 g/mol. The molecule has 5 N–H and O–H groups in total. The fourth-order valence-corrected chi connectivity index (χ4v) is 11.4. The molecule has 20 heteroatoms. The number of amides is 1. The Hall–Kier alpha value is -10.4. The van der Waals surface area contributed by atoms with Crippen LogP contribution in [0.3, 0.4) is 0 Å². The van der Waals surface area contributed by atoms with E-state index in [-0.39, 0.29) is 66.1 Å². The number of quaternary nitrogens is 1. The number of esters is 2. The number of ketones is 1. The maximum absolute atomic E-state index is 14.0. The molecule has 0 saturated heterocycles. The van der Waals surface area contributed by atoms with Crippen LogP contribution in [0, 0.1) is 16.2 Å². The second-order valence-electron chi connectivity index (χ2n) is 27.1. The molecule has 0 fully saturated rings. The van der Waals surface area contributed by atoms with Gasteiger partial charge in [0.15, 0.2) is 5.78 Å². The first-order valence-corrected chi connectivity index (χ1v) is 36.8. The van der Waals surface area contributed by atoms with Gasteiger partial charge in [0, 0.05) is 92.1 Å². The molecule has 2 aliphatic rings. The number of carbonyl (C=O) groups is 6. The van der Waals surface area contributed by atoms with E-state index in [1.54, 1.807) is 76.8 Å². The Balaban J connectivity index is 0.000000373. The van der Waals surface area contributed by atoms with Crippen molar-refractivity contribution in [2.75, 3.05) is 69.0 Å². The third kappa shape index (κ3) is 23.3. The van der Waals surface area contributed by atoms with Crippen molar-refractivity contribution < 1.29 is 78.1 Å². The van der Waals surface area contributed by atoms with E-state index < -0.39 is 51.8 Å². The summed E-state index contributed by atoms with van der Waals surface area (Å²) in [4.78, 5) is 72.0. The molecule has 0 spiro atoms. The molecule has 558 valence electrons. The fourth-order valence-electron chi connectivity index (χ4n) is 10.3. The van der Waals surface area contributed by atoms with Gasteiger partial charge in [-0.3, -0.25) is 14.4 Å². The number of unbranched alkanes of at least 4 members (excludes halogenated alkanes) is 1. The monoisotopic (exact) mass is 1450 g/mol. The predicted molar refractivity (Wildman–Crippen MR) is 416 cm³/mol. The van der Waals surface area contributed by atoms with Gasteiger partial charge in [0.1, 0.15) is 37.1 Å². The largest absolute Gasteiger partial charge is 0.871 e. The van der Waals surface area contributed by atoms with E-state index in [1.807, 2.05) is 146 Å². The molecule has 0 heterocycles. The van der Waals surface area contributed by atoms with Crippen LogP contribution in [0.15, 0.2) is 211 Å². The smallest absolute Gasteiger partial charge is 0.407 e. The summed E-state index contributed by atoms with van der Waals surface area (Å²) in [6, 6.07) is 51.2. The molecular formula is C85H102N4O15S. The van der Waals surface area contributed by atoms with Crippen LogP contribution in [-0.2, 0) is 38.2 Å². The molecule has 0 bridgehead atoms. The molecule has 9 rings (SSSR count). The molecule has 0 unspecified atom stereocenters. The Morgan fingerprint density at radius 1 is 0.638 bits per heavy atom. The minimum atomic E-state index is -0.972. The Morgan fingerprint density at radius 2 is 1.23 bits per heavy atom. The lowest BCUT2D eigenvalue weighted by molar-refractivity contribution is -0.893. The van der Waals surface area contributed by atoms with Crippen LogP contribution in [0.5, 0.6) is 11.5 Å². The number of phenolic OH excluding ortho intramolecular Hbond substituents is 1. The van der Waals surface area contributed by atoms with Crippen LogP contribution in [0.25, 0.3) is 27.1 Å². The number of ether oxygens (including phenoxy) is 4. The van der Waals surface area contributed by atoms with E-state index >= 15 is 0 Å². The number of allylic oxidation sites excluding steroid dienone is 5. The number of benzene rings is 7. The van der Waals surface area contributed by atoms with Gasteiger partial charge in [0.25, 0.3) is 0 Å². The molecule has 0 aliphatic heterocycles. The van der Waals surface area contributed by atoms with E-state index in [9.17, 15) is 49.2 Å². The number of nitrogens with zero attached hydrogens (tertiary/aromatic N) is 2. The lowest BCUT2D eigenvalue weighted by Crippen LogP contribution is -3.11. The highest BCUT2D eigenvalue weighted by atomic mass is 32.2. The molecule has 0 aromatic heterocycles. The van der Waals surface area contributed by atoms with Crippen molar-refractivity contribution in [3.63, 3.8) is 0 Å². The van der Waals surface area contributed by atoms with Gasteiger partial charge in [-0.2, -0.15) is 16.3 Å². The van der Waals surface area contributed by atoms with E-state index in [0.29, 0.717) is 42.8 Å². The normalized spacial score (nSPS) is 13.9.